The minimum atomic E-state index is -0.341. The molecule has 0 saturated carbocycles. The van der Waals surface area contributed by atoms with Gasteiger partial charge in [0.1, 0.15) is 24.0 Å². The molecule has 1 amide bonds. The van der Waals surface area contributed by atoms with Crippen LogP contribution in [0.2, 0.25) is 0 Å². The molecule has 0 aliphatic heterocycles. The van der Waals surface area contributed by atoms with Crippen LogP contribution in [0.15, 0.2) is 6.33 Å². The predicted molar refractivity (Wildman–Crippen MR) is 86.6 cm³/mol. The highest BCUT2D eigenvalue weighted by Crippen LogP contribution is 2.21. The summed E-state index contributed by atoms with van der Waals surface area (Å²) in [5, 5.41) is 9.37. The van der Waals surface area contributed by atoms with E-state index in [0.29, 0.717) is 0 Å². The molecule has 118 valence electrons. The average Bonchev–Trinajstić information content (AvgIpc) is 2.44. The summed E-state index contributed by atoms with van der Waals surface area (Å²) in [5.41, 5.74) is 1.01. The summed E-state index contributed by atoms with van der Waals surface area (Å²) in [6, 6.07) is -0.216. The van der Waals surface area contributed by atoms with Gasteiger partial charge in [-0.25, -0.2) is 9.97 Å². The van der Waals surface area contributed by atoms with Crippen molar-refractivity contribution in [2.45, 2.75) is 59.5 Å². The number of hydrogen-bond donors (Lipinski definition) is 3. The van der Waals surface area contributed by atoms with Crippen LogP contribution in [0.1, 0.15) is 46.6 Å². The molecule has 21 heavy (non-hydrogen) atoms. The van der Waals surface area contributed by atoms with Crippen molar-refractivity contribution in [3.05, 3.63) is 11.9 Å². The maximum Gasteiger partial charge on any atom is 0.242 e. The molecule has 0 radical (unpaired) electrons. The van der Waals surface area contributed by atoms with Gasteiger partial charge >= 0.3 is 0 Å². The number of amides is 1. The molecular formula is C15H27N5O. The number of rotatable bonds is 8. The number of carbonyl (C=O) groups excluding carboxylic acids is 1. The van der Waals surface area contributed by atoms with E-state index in [4.69, 9.17) is 0 Å². The lowest BCUT2D eigenvalue weighted by Gasteiger charge is -2.19. The second kappa shape index (κ2) is 8.44. The van der Waals surface area contributed by atoms with Crippen molar-refractivity contribution in [3.63, 3.8) is 0 Å². The van der Waals surface area contributed by atoms with Gasteiger partial charge in [0.15, 0.2) is 0 Å². The van der Waals surface area contributed by atoms with Gasteiger partial charge in [-0.3, -0.25) is 4.79 Å². The molecule has 0 fully saturated rings. The Morgan fingerprint density at radius 2 is 1.86 bits per heavy atom. The van der Waals surface area contributed by atoms with Gasteiger partial charge in [0.25, 0.3) is 0 Å². The number of anilines is 2. The van der Waals surface area contributed by atoms with E-state index in [0.717, 1.165) is 36.6 Å². The Labute approximate surface area is 127 Å². The molecule has 0 saturated heterocycles. The fourth-order valence-corrected chi connectivity index (χ4v) is 1.95. The predicted octanol–water partition coefficient (Wildman–Crippen LogP) is 2.19. The molecule has 1 atom stereocenters. The van der Waals surface area contributed by atoms with E-state index in [2.05, 4.69) is 39.8 Å². The molecule has 0 aliphatic carbocycles. The molecule has 1 rings (SSSR count). The maximum atomic E-state index is 12.0. The van der Waals surface area contributed by atoms with Crippen molar-refractivity contribution in [1.82, 2.24) is 15.3 Å². The van der Waals surface area contributed by atoms with Gasteiger partial charge in [-0.05, 0) is 33.6 Å². The first-order chi connectivity index (χ1) is 9.99. The lowest BCUT2D eigenvalue weighted by molar-refractivity contribution is -0.122. The summed E-state index contributed by atoms with van der Waals surface area (Å²) >= 11 is 0. The largest absolute Gasteiger partial charge is 0.370 e. The van der Waals surface area contributed by atoms with Crippen LogP contribution in [0, 0.1) is 0 Å². The first-order valence-corrected chi connectivity index (χ1v) is 7.64. The first kappa shape index (κ1) is 17.2. The quantitative estimate of drug-likeness (QED) is 0.684. The molecule has 0 aromatic carbocycles. The van der Waals surface area contributed by atoms with Gasteiger partial charge in [-0.1, -0.05) is 13.8 Å². The third kappa shape index (κ3) is 5.21. The summed E-state index contributed by atoms with van der Waals surface area (Å²) in [6.45, 7) is 10.8. The highest BCUT2D eigenvalue weighted by atomic mass is 16.2. The Balaban J connectivity index is 2.84. The molecule has 0 aliphatic rings. The Kier molecular flexibility index (Phi) is 6.91. The summed E-state index contributed by atoms with van der Waals surface area (Å²) < 4.78 is 0. The zero-order chi connectivity index (χ0) is 15.8. The molecule has 1 unspecified atom stereocenters. The topological polar surface area (TPSA) is 78.9 Å². The van der Waals surface area contributed by atoms with Gasteiger partial charge in [-0.15, -0.1) is 0 Å². The monoisotopic (exact) mass is 293 g/mol. The second-order valence-corrected chi connectivity index (χ2v) is 5.36. The lowest BCUT2D eigenvalue weighted by atomic mass is 10.2. The lowest BCUT2D eigenvalue weighted by Crippen LogP contribution is -2.41. The summed E-state index contributed by atoms with van der Waals surface area (Å²) in [4.78, 5) is 20.5. The Bertz CT molecular complexity index is 461. The van der Waals surface area contributed by atoms with Gasteiger partial charge in [-0.2, -0.15) is 0 Å². The van der Waals surface area contributed by atoms with E-state index in [-0.39, 0.29) is 18.0 Å². The minimum absolute atomic E-state index is 0.0336. The normalized spacial score (nSPS) is 12.1. The third-order valence-electron chi connectivity index (χ3n) is 3.02. The Morgan fingerprint density at radius 1 is 1.19 bits per heavy atom. The first-order valence-electron chi connectivity index (χ1n) is 7.64. The average molecular weight is 293 g/mol. The number of nitrogens with zero attached hydrogens (tertiary/aromatic N) is 2. The van der Waals surface area contributed by atoms with Crippen LogP contribution in [0.4, 0.5) is 11.6 Å². The van der Waals surface area contributed by atoms with Crippen LogP contribution in [-0.4, -0.2) is 34.5 Å². The molecule has 3 N–H and O–H groups in total. The van der Waals surface area contributed by atoms with Crippen LogP contribution in [0.25, 0.3) is 0 Å². The number of nitrogens with one attached hydrogen (secondary N) is 3. The van der Waals surface area contributed by atoms with Crippen LogP contribution in [0.3, 0.4) is 0 Å². The molecule has 6 nitrogen and oxygen atoms in total. The van der Waals surface area contributed by atoms with E-state index < -0.39 is 0 Å². The van der Waals surface area contributed by atoms with Crippen molar-refractivity contribution < 1.29 is 4.79 Å². The molecular weight excluding hydrogens is 266 g/mol. The maximum absolute atomic E-state index is 12.0. The van der Waals surface area contributed by atoms with Crippen LogP contribution >= 0.6 is 0 Å². The highest BCUT2D eigenvalue weighted by molar-refractivity contribution is 5.84. The summed E-state index contributed by atoms with van der Waals surface area (Å²) in [7, 11) is 0. The van der Waals surface area contributed by atoms with Crippen LogP contribution in [-0.2, 0) is 11.2 Å². The molecule has 1 heterocycles. The van der Waals surface area contributed by atoms with E-state index in [1.54, 1.807) is 0 Å². The fourth-order valence-electron chi connectivity index (χ4n) is 1.95. The van der Waals surface area contributed by atoms with E-state index in [9.17, 15) is 4.79 Å². The van der Waals surface area contributed by atoms with Crippen LogP contribution < -0.4 is 16.0 Å². The Morgan fingerprint density at radius 3 is 2.43 bits per heavy atom. The van der Waals surface area contributed by atoms with Gasteiger partial charge in [0, 0.05) is 18.2 Å². The fraction of sp³-hybridized carbons (Fsp3) is 0.667. The van der Waals surface area contributed by atoms with Gasteiger partial charge in [0.2, 0.25) is 5.91 Å². The van der Waals surface area contributed by atoms with Crippen molar-refractivity contribution in [1.29, 1.82) is 0 Å². The third-order valence-corrected chi connectivity index (χ3v) is 3.02. The summed E-state index contributed by atoms with van der Waals surface area (Å²) in [6.07, 6.45) is 3.35. The standard InChI is InChI=1S/C15H27N5O/c1-6-8-16-13-12(7-2)14(18-9-17-13)20-11(5)15(21)19-10(3)4/h9-11H,6-8H2,1-5H3,(H,19,21)(H2,16,17,18,20). The van der Waals surface area contributed by atoms with Crippen molar-refractivity contribution >= 4 is 17.5 Å². The minimum Gasteiger partial charge on any atom is -0.370 e. The molecule has 0 spiro atoms. The molecule has 0 bridgehead atoms. The SMILES string of the molecule is CCCNc1ncnc(NC(C)C(=O)NC(C)C)c1CC. The summed E-state index contributed by atoms with van der Waals surface area (Å²) in [5.74, 6) is 1.53. The van der Waals surface area contributed by atoms with E-state index >= 15 is 0 Å². The van der Waals surface area contributed by atoms with Gasteiger partial charge < -0.3 is 16.0 Å². The highest BCUT2D eigenvalue weighted by Gasteiger charge is 2.17. The number of hydrogen-bond acceptors (Lipinski definition) is 5. The van der Waals surface area contributed by atoms with Crippen LogP contribution in [0.5, 0.6) is 0 Å². The molecule has 1 aromatic heterocycles. The molecule has 1 aromatic rings. The zero-order valence-electron chi connectivity index (χ0n) is 13.7. The number of carbonyl (C=O) groups is 1. The molecule has 6 heteroatoms. The van der Waals surface area contributed by atoms with E-state index in [1.807, 2.05) is 20.8 Å². The number of aromatic nitrogens is 2. The second-order valence-electron chi connectivity index (χ2n) is 5.36. The van der Waals surface area contributed by atoms with E-state index in [1.165, 1.54) is 6.33 Å². The zero-order valence-corrected chi connectivity index (χ0v) is 13.7. The Hall–Kier alpha value is -1.85. The van der Waals surface area contributed by atoms with Gasteiger partial charge in [0.05, 0.1) is 0 Å². The van der Waals surface area contributed by atoms with Crippen molar-refractivity contribution in [2.24, 2.45) is 0 Å². The smallest absolute Gasteiger partial charge is 0.242 e. The van der Waals surface area contributed by atoms with Crippen molar-refractivity contribution in [3.8, 4) is 0 Å². The van der Waals surface area contributed by atoms with Crippen molar-refractivity contribution in [2.75, 3.05) is 17.2 Å².